The summed E-state index contributed by atoms with van der Waals surface area (Å²) in [4.78, 5) is 29.2. The van der Waals surface area contributed by atoms with Crippen molar-refractivity contribution in [2.24, 2.45) is 0 Å². The van der Waals surface area contributed by atoms with E-state index in [2.05, 4.69) is 4.98 Å². The van der Waals surface area contributed by atoms with E-state index in [1.54, 1.807) is 16.8 Å². The minimum Gasteiger partial charge on any atom is -0.289 e. The molecule has 5 heteroatoms. The monoisotopic (exact) mass is 261 g/mol. The summed E-state index contributed by atoms with van der Waals surface area (Å²) < 4.78 is 2.96. The Morgan fingerprint density at radius 1 is 1.05 bits per heavy atom. The van der Waals surface area contributed by atoms with Gasteiger partial charge in [-0.25, -0.2) is 4.79 Å². The predicted molar refractivity (Wildman–Crippen MR) is 75.8 cm³/mol. The molecule has 5 nitrogen and oxygen atoms in total. The molecule has 0 unspecified atom stereocenters. The van der Waals surface area contributed by atoms with Crippen LogP contribution in [0.1, 0.15) is 45.5 Å². The lowest BCUT2D eigenvalue weighted by Gasteiger charge is -2.19. The highest BCUT2D eigenvalue weighted by molar-refractivity contribution is 5.79. The smallest absolute Gasteiger partial charge is 0.289 e. The quantitative estimate of drug-likeness (QED) is 0.831. The summed E-state index contributed by atoms with van der Waals surface area (Å²) in [5, 5.41) is 0.550. The fourth-order valence-electron chi connectivity index (χ4n) is 2.40. The highest BCUT2D eigenvalue weighted by Crippen LogP contribution is 2.16. The molecule has 2 rings (SSSR count). The number of rotatable bonds is 2. The fraction of sp³-hybridized carbons (Fsp3) is 0.500. The van der Waals surface area contributed by atoms with E-state index in [4.69, 9.17) is 0 Å². The van der Waals surface area contributed by atoms with Crippen LogP contribution in [0.25, 0.3) is 10.9 Å². The molecule has 0 N–H and O–H groups in total. The number of nitrogens with zero attached hydrogens (tertiary/aromatic N) is 3. The first-order valence-corrected chi connectivity index (χ1v) is 6.48. The van der Waals surface area contributed by atoms with Crippen LogP contribution in [0.4, 0.5) is 0 Å². The molecule has 2 heterocycles. The molecule has 0 atom stereocenters. The maximum absolute atomic E-state index is 12.5. The van der Waals surface area contributed by atoms with Crippen LogP contribution in [0.5, 0.6) is 0 Å². The zero-order valence-corrected chi connectivity index (χ0v) is 12.0. The summed E-state index contributed by atoms with van der Waals surface area (Å²) in [6, 6.07) is 1.49. The minimum atomic E-state index is -0.265. The third kappa shape index (κ3) is 1.99. The third-order valence-electron chi connectivity index (χ3n) is 3.24. The summed E-state index contributed by atoms with van der Waals surface area (Å²) in [6.07, 6.45) is 1.61. The van der Waals surface area contributed by atoms with E-state index in [0.29, 0.717) is 16.6 Å². The predicted octanol–water partition coefficient (Wildman–Crippen LogP) is 2.03. The second-order valence-electron chi connectivity index (χ2n) is 5.31. The molecular weight excluding hydrogens is 242 g/mol. The van der Waals surface area contributed by atoms with E-state index in [1.807, 2.05) is 34.6 Å². The van der Waals surface area contributed by atoms with Crippen LogP contribution in [-0.2, 0) is 0 Å². The van der Waals surface area contributed by atoms with Gasteiger partial charge in [-0.05, 0) is 40.7 Å². The van der Waals surface area contributed by atoms with Crippen molar-refractivity contribution in [3.8, 4) is 0 Å². The van der Waals surface area contributed by atoms with Crippen LogP contribution in [0.3, 0.4) is 0 Å². The number of hydrogen-bond donors (Lipinski definition) is 0. The normalized spacial score (nSPS) is 11.7. The molecule has 0 radical (unpaired) electrons. The van der Waals surface area contributed by atoms with Gasteiger partial charge in [0.1, 0.15) is 0 Å². The Kier molecular flexibility index (Phi) is 3.30. The molecule has 2 aromatic rings. The van der Waals surface area contributed by atoms with Crippen molar-refractivity contribution in [2.75, 3.05) is 0 Å². The molecule has 0 bridgehead atoms. The van der Waals surface area contributed by atoms with Gasteiger partial charge < -0.3 is 0 Å². The molecule has 0 aromatic carbocycles. The van der Waals surface area contributed by atoms with E-state index >= 15 is 0 Å². The highest BCUT2D eigenvalue weighted by atomic mass is 16.2. The third-order valence-corrected chi connectivity index (χ3v) is 3.24. The first-order valence-electron chi connectivity index (χ1n) is 6.48. The zero-order chi connectivity index (χ0) is 14.3. The second-order valence-corrected chi connectivity index (χ2v) is 5.31. The average Bonchev–Trinajstić information content (AvgIpc) is 2.29. The number of pyridine rings is 1. The molecule has 0 aliphatic carbocycles. The van der Waals surface area contributed by atoms with Crippen molar-refractivity contribution in [3.63, 3.8) is 0 Å². The largest absolute Gasteiger partial charge is 0.332 e. The summed E-state index contributed by atoms with van der Waals surface area (Å²) in [6.45, 7) is 9.37. The molecule has 0 fully saturated rings. The molecule has 19 heavy (non-hydrogen) atoms. The highest BCUT2D eigenvalue weighted by Gasteiger charge is 2.18. The molecule has 0 spiro atoms. The van der Waals surface area contributed by atoms with Gasteiger partial charge in [0.05, 0.1) is 16.6 Å². The van der Waals surface area contributed by atoms with Crippen molar-refractivity contribution in [2.45, 2.75) is 46.7 Å². The number of fused-ring (bicyclic) bond motifs is 1. The van der Waals surface area contributed by atoms with E-state index in [0.717, 1.165) is 0 Å². The molecule has 0 aliphatic rings. The van der Waals surface area contributed by atoms with Gasteiger partial charge in [0.15, 0.2) is 0 Å². The van der Waals surface area contributed by atoms with Gasteiger partial charge in [-0.2, -0.15) is 0 Å². The van der Waals surface area contributed by atoms with Crippen LogP contribution >= 0.6 is 0 Å². The lowest BCUT2D eigenvalue weighted by Crippen LogP contribution is -2.42. The van der Waals surface area contributed by atoms with Crippen LogP contribution < -0.4 is 11.2 Å². The first kappa shape index (κ1) is 13.5. The average molecular weight is 261 g/mol. The summed E-state index contributed by atoms with van der Waals surface area (Å²) in [5.74, 6) is 0. The molecule has 0 saturated heterocycles. The van der Waals surface area contributed by atoms with Gasteiger partial charge in [0.25, 0.3) is 5.56 Å². The van der Waals surface area contributed by atoms with Crippen LogP contribution in [-0.4, -0.2) is 14.1 Å². The van der Waals surface area contributed by atoms with Crippen LogP contribution in [0.15, 0.2) is 21.9 Å². The Morgan fingerprint density at radius 2 is 1.63 bits per heavy atom. The Labute approximate surface area is 111 Å². The summed E-state index contributed by atoms with van der Waals surface area (Å²) in [7, 11) is 0. The van der Waals surface area contributed by atoms with E-state index < -0.39 is 0 Å². The number of hydrogen-bond acceptors (Lipinski definition) is 3. The van der Waals surface area contributed by atoms with Crippen LogP contribution in [0.2, 0.25) is 0 Å². The van der Waals surface area contributed by atoms with Crippen molar-refractivity contribution in [1.82, 2.24) is 14.1 Å². The van der Waals surface area contributed by atoms with Crippen molar-refractivity contribution in [3.05, 3.63) is 38.8 Å². The maximum atomic E-state index is 12.5. The van der Waals surface area contributed by atoms with Gasteiger partial charge in [-0.15, -0.1) is 0 Å². The van der Waals surface area contributed by atoms with Gasteiger partial charge in [-0.1, -0.05) is 0 Å². The van der Waals surface area contributed by atoms with Crippen molar-refractivity contribution in [1.29, 1.82) is 0 Å². The van der Waals surface area contributed by atoms with Crippen molar-refractivity contribution >= 4 is 10.9 Å². The van der Waals surface area contributed by atoms with E-state index in [1.165, 1.54) is 4.57 Å². The first-order chi connectivity index (χ1) is 8.86. The molecule has 0 saturated carbocycles. The number of aromatic nitrogens is 3. The Bertz CT molecular complexity index is 739. The number of aryl methyl sites for hydroxylation is 1. The van der Waals surface area contributed by atoms with Crippen molar-refractivity contribution < 1.29 is 0 Å². The molecular formula is C14H19N3O2. The molecule has 0 aliphatic heterocycles. The minimum absolute atomic E-state index is 0.0245. The Morgan fingerprint density at radius 3 is 2.16 bits per heavy atom. The Balaban J connectivity index is 3.14. The van der Waals surface area contributed by atoms with E-state index in [-0.39, 0.29) is 23.3 Å². The molecule has 2 aromatic heterocycles. The summed E-state index contributed by atoms with van der Waals surface area (Å²) in [5.41, 5.74) is 0.844. The van der Waals surface area contributed by atoms with Crippen LogP contribution in [0, 0.1) is 6.92 Å². The zero-order valence-electron chi connectivity index (χ0n) is 12.0. The second kappa shape index (κ2) is 4.64. The molecule has 102 valence electrons. The standard InChI is InChI=1S/C14H19N3O2/c1-8(2)16-12-10(5)15-7-6-11(12)13(18)17(9(3)4)14(16)19/h6-9H,1-5H3. The fourth-order valence-corrected chi connectivity index (χ4v) is 2.40. The van der Waals surface area contributed by atoms with E-state index in [9.17, 15) is 9.59 Å². The van der Waals surface area contributed by atoms with Gasteiger partial charge >= 0.3 is 5.69 Å². The topological polar surface area (TPSA) is 56.9 Å². The maximum Gasteiger partial charge on any atom is 0.332 e. The lowest BCUT2D eigenvalue weighted by atomic mass is 10.2. The summed E-state index contributed by atoms with van der Waals surface area (Å²) >= 11 is 0. The molecule has 0 amide bonds. The lowest BCUT2D eigenvalue weighted by molar-refractivity contribution is 0.488. The van der Waals surface area contributed by atoms with Gasteiger partial charge in [0.2, 0.25) is 0 Å². The SMILES string of the molecule is Cc1nccc2c(=O)n(C(C)C)c(=O)n(C(C)C)c12. The van der Waals surface area contributed by atoms with Gasteiger partial charge in [0, 0.05) is 18.3 Å². The van der Waals surface area contributed by atoms with Gasteiger partial charge in [-0.3, -0.25) is 18.9 Å². The Hall–Kier alpha value is -1.91.